The standard InChI is InChI=1S/C14H21N3O3S/c1-17(2)14(18)12-6-5-10(15)8-13(12)16-9-11-4-3-7-21(11,19)20/h5-6,8,11,16H,3-4,7,9,15H2,1-2H3. The number of nitrogens with two attached hydrogens (primary N) is 1. The van der Waals surface area contributed by atoms with E-state index in [9.17, 15) is 13.2 Å². The quantitative estimate of drug-likeness (QED) is 0.808. The van der Waals surface area contributed by atoms with E-state index in [0.717, 1.165) is 0 Å². The summed E-state index contributed by atoms with van der Waals surface area (Å²) in [5, 5.41) is 2.69. The van der Waals surface area contributed by atoms with Crippen molar-refractivity contribution in [3.63, 3.8) is 0 Å². The molecule has 0 radical (unpaired) electrons. The highest BCUT2D eigenvalue weighted by molar-refractivity contribution is 7.92. The Morgan fingerprint density at radius 1 is 1.43 bits per heavy atom. The van der Waals surface area contributed by atoms with Gasteiger partial charge in [-0.2, -0.15) is 0 Å². The second-order valence-corrected chi connectivity index (χ2v) is 7.92. The van der Waals surface area contributed by atoms with Crippen molar-refractivity contribution >= 4 is 27.1 Å². The number of nitrogens with zero attached hydrogens (tertiary/aromatic N) is 1. The fraction of sp³-hybridized carbons (Fsp3) is 0.500. The molecule has 2 rings (SSSR count). The van der Waals surface area contributed by atoms with E-state index in [4.69, 9.17) is 5.73 Å². The van der Waals surface area contributed by atoms with Gasteiger partial charge in [-0.05, 0) is 31.0 Å². The fourth-order valence-electron chi connectivity index (χ4n) is 2.45. The number of rotatable bonds is 4. The molecule has 1 amide bonds. The molecule has 1 heterocycles. The molecule has 1 aromatic carbocycles. The Hall–Kier alpha value is -1.76. The van der Waals surface area contributed by atoms with E-state index in [1.165, 1.54) is 4.90 Å². The highest BCUT2D eigenvalue weighted by Crippen LogP contribution is 2.24. The first-order valence-corrected chi connectivity index (χ1v) is 8.59. The predicted molar refractivity (Wildman–Crippen MR) is 84.2 cm³/mol. The van der Waals surface area contributed by atoms with E-state index in [1.54, 1.807) is 32.3 Å². The minimum Gasteiger partial charge on any atom is -0.399 e. The zero-order valence-corrected chi connectivity index (χ0v) is 13.1. The van der Waals surface area contributed by atoms with Crippen LogP contribution in [0.3, 0.4) is 0 Å². The number of nitrogens with one attached hydrogen (secondary N) is 1. The van der Waals surface area contributed by atoms with Crippen molar-refractivity contribution in [3.05, 3.63) is 23.8 Å². The largest absolute Gasteiger partial charge is 0.399 e. The lowest BCUT2D eigenvalue weighted by atomic mass is 10.1. The molecule has 116 valence electrons. The van der Waals surface area contributed by atoms with E-state index in [1.807, 2.05) is 0 Å². The van der Waals surface area contributed by atoms with Gasteiger partial charge in [0, 0.05) is 32.0 Å². The zero-order chi connectivity index (χ0) is 15.6. The monoisotopic (exact) mass is 311 g/mol. The number of amides is 1. The minimum absolute atomic E-state index is 0.147. The normalized spacial score (nSPS) is 20.2. The molecule has 0 saturated carbocycles. The summed E-state index contributed by atoms with van der Waals surface area (Å²) in [4.78, 5) is 13.6. The summed E-state index contributed by atoms with van der Waals surface area (Å²) < 4.78 is 23.7. The summed E-state index contributed by atoms with van der Waals surface area (Å²) in [7, 11) is 0.335. The summed E-state index contributed by atoms with van der Waals surface area (Å²) in [5.74, 6) is 0.103. The number of hydrogen-bond acceptors (Lipinski definition) is 5. The summed E-state index contributed by atoms with van der Waals surface area (Å²) >= 11 is 0. The molecule has 7 heteroatoms. The molecule has 0 aromatic heterocycles. The van der Waals surface area contributed by atoms with Crippen molar-refractivity contribution in [1.82, 2.24) is 4.90 Å². The smallest absolute Gasteiger partial charge is 0.255 e. The third-order valence-electron chi connectivity index (χ3n) is 3.66. The molecule has 1 aromatic rings. The lowest BCUT2D eigenvalue weighted by molar-refractivity contribution is 0.0828. The molecule has 6 nitrogen and oxygen atoms in total. The van der Waals surface area contributed by atoms with Crippen molar-refractivity contribution in [3.8, 4) is 0 Å². The maximum atomic E-state index is 12.1. The number of carbonyl (C=O) groups is 1. The molecule has 1 aliphatic heterocycles. The van der Waals surface area contributed by atoms with E-state index in [2.05, 4.69) is 5.32 Å². The van der Waals surface area contributed by atoms with Gasteiger partial charge >= 0.3 is 0 Å². The Kier molecular flexibility index (Phi) is 4.41. The first-order valence-electron chi connectivity index (χ1n) is 6.88. The van der Waals surface area contributed by atoms with Crippen LogP contribution in [0, 0.1) is 0 Å². The number of benzene rings is 1. The summed E-state index contributed by atoms with van der Waals surface area (Å²) in [5.41, 5.74) is 7.36. The van der Waals surface area contributed by atoms with Gasteiger partial charge in [0.15, 0.2) is 9.84 Å². The predicted octanol–water partition coefficient (Wildman–Crippen LogP) is 0.960. The first-order chi connectivity index (χ1) is 9.81. The molecule has 1 atom stereocenters. The zero-order valence-electron chi connectivity index (χ0n) is 12.3. The molecule has 0 bridgehead atoms. The van der Waals surface area contributed by atoms with E-state index < -0.39 is 9.84 Å². The summed E-state index contributed by atoms with van der Waals surface area (Å²) in [6.07, 6.45) is 1.36. The van der Waals surface area contributed by atoms with Crippen LogP contribution in [0.4, 0.5) is 11.4 Å². The van der Waals surface area contributed by atoms with Gasteiger partial charge in [0.05, 0.1) is 16.6 Å². The molecule has 3 N–H and O–H groups in total. The van der Waals surface area contributed by atoms with Crippen molar-refractivity contribution in [2.75, 3.05) is 37.4 Å². The maximum absolute atomic E-state index is 12.1. The molecular weight excluding hydrogens is 290 g/mol. The number of nitrogen functional groups attached to an aromatic ring is 1. The number of anilines is 2. The van der Waals surface area contributed by atoms with Gasteiger partial charge in [0.2, 0.25) is 0 Å². The van der Waals surface area contributed by atoms with Crippen molar-refractivity contribution < 1.29 is 13.2 Å². The highest BCUT2D eigenvalue weighted by atomic mass is 32.2. The first kappa shape index (κ1) is 15.6. The maximum Gasteiger partial charge on any atom is 0.255 e. The molecule has 1 saturated heterocycles. The topological polar surface area (TPSA) is 92.5 Å². The third kappa shape index (κ3) is 3.47. The molecule has 1 unspecified atom stereocenters. The number of hydrogen-bond donors (Lipinski definition) is 2. The fourth-order valence-corrected chi connectivity index (χ4v) is 4.21. The number of carbonyl (C=O) groups excluding carboxylic acids is 1. The van der Waals surface area contributed by atoms with Crippen LogP contribution in [0.5, 0.6) is 0 Å². The summed E-state index contributed by atoms with van der Waals surface area (Å²) in [6.45, 7) is 0.305. The van der Waals surface area contributed by atoms with Gasteiger partial charge in [-0.25, -0.2) is 8.42 Å². The second-order valence-electron chi connectivity index (χ2n) is 5.52. The van der Waals surface area contributed by atoms with Gasteiger partial charge in [0.1, 0.15) is 0 Å². The molecular formula is C14H21N3O3S. The second kappa shape index (κ2) is 5.93. The Bertz CT molecular complexity index is 641. The van der Waals surface area contributed by atoms with Gasteiger partial charge in [0.25, 0.3) is 5.91 Å². The lowest BCUT2D eigenvalue weighted by Crippen LogP contribution is -2.27. The van der Waals surface area contributed by atoms with Crippen LogP contribution in [-0.2, 0) is 9.84 Å². The molecule has 0 spiro atoms. The Labute approximate surface area is 125 Å². The molecule has 21 heavy (non-hydrogen) atoms. The molecule has 0 aliphatic carbocycles. The van der Waals surface area contributed by atoms with Gasteiger partial charge in [-0.1, -0.05) is 0 Å². The van der Waals surface area contributed by atoms with E-state index in [-0.39, 0.29) is 16.9 Å². The lowest BCUT2D eigenvalue weighted by Gasteiger charge is -2.17. The van der Waals surface area contributed by atoms with Crippen LogP contribution in [0.15, 0.2) is 18.2 Å². The average Bonchev–Trinajstić information content (AvgIpc) is 2.74. The third-order valence-corrected chi connectivity index (χ3v) is 5.94. The minimum atomic E-state index is -3.01. The van der Waals surface area contributed by atoms with Crippen molar-refractivity contribution in [1.29, 1.82) is 0 Å². The van der Waals surface area contributed by atoms with Gasteiger partial charge in [-0.15, -0.1) is 0 Å². The number of sulfone groups is 1. The molecule has 1 fully saturated rings. The van der Waals surface area contributed by atoms with Crippen LogP contribution in [0.1, 0.15) is 23.2 Å². The Balaban J connectivity index is 2.19. The Morgan fingerprint density at radius 2 is 2.14 bits per heavy atom. The SMILES string of the molecule is CN(C)C(=O)c1ccc(N)cc1NCC1CCCS1(=O)=O. The van der Waals surface area contributed by atoms with Crippen LogP contribution in [0.25, 0.3) is 0 Å². The van der Waals surface area contributed by atoms with Gasteiger partial charge < -0.3 is 16.0 Å². The molecule has 1 aliphatic rings. The summed E-state index contributed by atoms with van der Waals surface area (Å²) in [6, 6.07) is 4.98. The van der Waals surface area contributed by atoms with Crippen molar-refractivity contribution in [2.24, 2.45) is 0 Å². The average molecular weight is 311 g/mol. The van der Waals surface area contributed by atoms with Crippen LogP contribution >= 0.6 is 0 Å². The Morgan fingerprint density at radius 3 is 2.71 bits per heavy atom. The van der Waals surface area contributed by atoms with E-state index >= 15 is 0 Å². The highest BCUT2D eigenvalue weighted by Gasteiger charge is 2.31. The van der Waals surface area contributed by atoms with Gasteiger partial charge in [-0.3, -0.25) is 4.79 Å². The van der Waals surface area contributed by atoms with Crippen LogP contribution in [-0.4, -0.2) is 50.9 Å². The van der Waals surface area contributed by atoms with Crippen LogP contribution in [0.2, 0.25) is 0 Å². The van der Waals surface area contributed by atoms with E-state index in [0.29, 0.717) is 36.3 Å². The van der Waals surface area contributed by atoms with Crippen molar-refractivity contribution in [2.45, 2.75) is 18.1 Å². The van der Waals surface area contributed by atoms with Crippen LogP contribution < -0.4 is 11.1 Å².